The van der Waals surface area contributed by atoms with Gasteiger partial charge in [0.1, 0.15) is 5.84 Å². The highest BCUT2D eigenvalue weighted by atomic mass is 14.7. The molecule has 0 aliphatic heterocycles. The maximum atomic E-state index is 7.04. The number of benzene rings is 1. The van der Waals surface area contributed by atoms with Crippen molar-refractivity contribution in [3.05, 3.63) is 42.0 Å². The summed E-state index contributed by atoms with van der Waals surface area (Å²) in [6.07, 6.45) is 4.00. The molecular formula is C11H17N3. The molecule has 14 heavy (non-hydrogen) atoms. The van der Waals surface area contributed by atoms with Crippen LogP contribution < -0.4 is 11.5 Å². The lowest BCUT2D eigenvalue weighted by atomic mass is 10.2. The Bertz CT molecular complexity index is 295. The smallest absolute Gasteiger partial charge is 0.122 e. The van der Waals surface area contributed by atoms with Crippen molar-refractivity contribution >= 4 is 11.5 Å². The Morgan fingerprint density at radius 1 is 1.14 bits per heavy atom. The minimum absolute atomic E-state index is 0.0694. The van der Waals surface area contributed by atoms with Crippen molar-refractivity contribution in [1.29, 1.82) is 5.41 Å². The van der Waals surface area contributed by atoms with E-state index in [2.05, 4.69) is 0 Å². The number of anilines is 1. The molecule has 76 valence electrons. The van der Waals surface area contributed by atoms with Gasteiger partial charge in [-0.3, -0.25) is 5.41 Å². The summed E-state index contributed by atoms with van der Waals surface area (Å²) in [6, 6.07) is 6.88. The standard InChI is InChI=1S/C7H9N3.C4H8/c8-6-3-1-5(2-4-6)7(9)10;1-3-4-2/h1-4H,8H2,(H3,9,10);3-4H,1-2H3/b;4-3-. The summed E-state index contributed by atoms with van der Waals surface area (Å²) >= 11 is 0. The molecule has 1 aromatic rings. The third-order valence-corrected chi connectivity index (χ3v) is 1.56. The van der Waals surface area contributed by atoms with E-state index >= 15 is 0 Å². The monoisotopic (exact) mass is 191 g/mol. The number of rotatable bonds is 1. The van der Waals surface area contributed by atoms with Crippen LogP contribution in [-0.2, 0) is 0 Å². The van der Waals surface area contributed by atoms with E-state index in [0.29, 0.717) is 11.3 Å². The van der Waals surface area contributed by atoms with Gasteiger partial charge >= 0.3 is 0 Å². The van der Waals surface area contributed by atoms with E-state index in [-0.39, 0.29) is 5.84 Å². The van der Waals surface area contributed by atoms with Gasteiger partial charge in [-0.1, -0.05) is 12.2 Å². The van der Waals surface area contributed by atoms with Gasteiger partial charge in [-0.2, -0.15) is 0 Å². The molecule has 0 atom stereocenters. The van der Waals surface area contributed by atoms with Gasteiger partial charge in [0, 0.05) is 11.3 Å². The van der Waals surface area contributed by atoms with Gasteiger partial charge in [0.15, 0.2) is 0 Å². The van der Waals surface area contributed by atoms with E-state index < -0.39 is 0 Å². The molecule has 0 fully saturated rings. The maximum Gasteiger partial charge on any atom is 0.122 e. The molecule has 0 aliphatic rings. The van der Waals surface area contributed by atoms with Gasteiger partial charge < -0.3 is 11.5 Å². The lowest BCUT2D eigenvalue weighted by molar-refractivity contribution is 1.42. The zero-order valence-electron chi connectivity index (χ0n) is 8.62. The second-order valence-corrected chi connectivity index (χ2v) is 2.70. The van der Waals surface area contributed by atoms with Crippen LogP contribution in [0.2, 0.25) is 0 Å². The van der Waals surface area contributed by atoms with E-state index in [1.165, 1.54) is 0 Å². The molecule has 3 nitrogen and oxygen atoms in total. The van der Waals surface area contributed by atoms with Crippen LogP contribution in [0, 0.1) is 5.41 Å². The predicted octanol–water partition coefficient (Wildman–Crippen LogP) is 2.14. The average Bonchev–Trinajstić information content (AvgIpc) is 2.19. The Morgan fingerprint density at radius 3 is 1.86 bits per heavy atom. The van der Waals surface area contributed by atoms with Gasteiger partial charge in [0.25, 0.3) is 0 Å². The van der Waals surface area contributed by atoms with Crippen LogP contribution in [0.15, 0.2) is 36.4 Å². The van der Waals surface area contributed by atoms with E-state index in [0.717, 1.165) is 0 Å². The van der Waals surface area contributed by atoms with Crippen molar-refractivity contribution in [2.24, 2.45) is 5.73 Å². The van der Waals surface area contributed by atoms with Crippen LogP contribution in [-0.4, -0.2) is 5.84 Å². The number of hydrogen-bond acceptors (Lipinski definition) is 2. The molecule has 0 aromatic heterocycles. The van der Waals surface area contributed by atoms with E-state index in [9.17, 15) is 0 Å². The number of hydrogen-bond donors (Lipinski definition) is 3. The first-order valence-electron chi connectivity index (χ1n) is 4.39. The number of nitrogens with one attached hydrogen (secondary N) is 1. The number of nitrogen functional groups attached to an aromatic ring is 2. The fraction of sp³-hybridized carbons (Fsp3) is 0.182. The van der Waals surface area contributed by atoms with E-state index in [1.807, 2.05) is 26.0 Å². The molecule has 0 amide bonds. The van der Waals surface area contributed by atoms with E-state index in [4.69, 9.17) is 16.9 Å². The molecule has 5 N–H and O–H groups in total. The topological polar surface area (TPSA) is 75.9 Å². The minimum atomic E-state index is 0.0694. The van der Waals surface area contributed by atoms with Crippen molar-refractivity contribution in [2.45, 2.75) is 13.8 Å². The summed E-state index contributed by atoms with van der Waals surface area (Å²) in [5.41, 5.74) is 12.0. The third-order valence-electron chi connectivity index (χ3n) is 1.56. The zero-order chi connectivity index (χ0) is 11.0. The second kappa shape index (κ2) is 6.71. The van der Waals surface area contributed by atoms with Crippen molar-refractivity contribution in [3.63, 3.8) is 0 Å². The summed E-state index contributed by atoms with van der Waals surface area (Å²) in [4.78, 5) is 0. The van der Waals surface area contributed by atoms with Gasteiger partial charge in [-0.05, 0) is 38.1 Å². The molecule has 1 rings (SSSR count). The summed E-state index contributed by atoms with van der Waals surface area (Å²) in [5.74, 6) is 0.0694. The first kappa shape index (κ1) is 12.2. The fourth-order valence-electron chi connectivity index (χ4n) is 0.663. The Hall–Kier alpha value is -1.77. The van der Waals surface area contributed by atoms with Crippen LogP contribution in [0.5, 0.6) is 0 Å². The lowest BCUT2D eigenvalue weighted by Gasteiger charge is -1.96. The highest BCUT2D eigenvalue weighted by molar-refractivity contribution is 5.95. The van der Waals surface area contributed by atoms with Gasteiger partial charge in [-0.25, -0.2) is 0 Å². The van der Waals surface area contributed by atoms with Crippen LogP contribution >= 0.6 is 0 Å². The Kier molecular flexibility index (Phi) is 5.87. The summed E-state index contributed by atoms with van der Waals surface area (Å²) in [6.45, 7) is 4.00. The Balaban J connectivity index is 0.000000364. The molecule has 0 bridgehead atoms. The molecule has 0 aliphatic carbocycles. The second-order valence-electron chi connectivity index (χ2n) is 2.70. The first-order valence-corrected chi connectivity index (χ1v) is 4.39. The molecule has 3 heteroatoms. The number of amidine groups is 1. The Morgan fingerprint density at radius 2 is 1.57 bits per heavy atom. The van der Waals surface area contributed by atoms with Crippen LogP contribution in [0.25, 0.3) is 0 Å². The number of allylic oxidation sites excluding steroid dienone is 2. The molecule has 0 spiro atoms. The fourth-order valence-corrected chi connectivity index (χ4v) is 0.663. The van der Waals surface area contributed by atoms with Crippen LogP contribution in [0.1, 0.15) is 19.4 Å². The first-order chi connectivity index (χ1) is 6.61. The Labute approximate surface area is 84.9 Å². The van der Waals surface area contributed by atoms with Crippen molar-refractivity contribution in [3.8, 4) is 0 Å². The third kappa shape index (κ3) is 4.98. The SMILES string of the molecule is C/C=C\C.N=C(N)c1ccc(N)cc1. The normalized spacial score (nSPS) is 9.29. The minimum Gasteiger partial charge on any atom is -0.399 e. The summed E-state index contributed by atoms with van der Waals surface area (Å²) in [5, 5.41) is 7.04. The van der Waals surface area contributed by atoms with Gasteiger partial charge in [0.2, 0.25) is 0 Å². The molecule has 0 radical (unpaired) electrons. The maximum absolute atomic E-state index is 7.04. The van der Waals surface area contributed by atoms with Crippen molar-refractivity contribution in [1.82, 2.24) is 0 Å². The zero-order valence-corrected chi connectivity index (χ0v) is 8.62. The summed E-state index contributed by atoms with van der Waals surface area (Å²) in [7, 11) is 0. The molecule has 1 aromatic carbocycles. The van der Waals surface area contributed by atoms with E-state index in [1.54, 1.807) is 24.3 Å². The molecule has 0 unspecified atom stereocenters. The van der Waals surface area contributed by atoms with Crippen molar-refractivity contribution < 1.29 is 0 Å². The number of nitrogens with two attached hydrogens (primary N) is 2. The summed E-state index contributed by atoms with van der Waals surface area (Å²) < 4.78 is 0. The molecule has 0 heterocycles. The molecule has 0 saturated heterocycles. The molecule has 0 saturated carbocycles. The highest BCUT2D eigenvalue weighted by Gasteiger charge is 1.92. The average molecular weight is 191 g/mol. The largest absolute Gasteiger partial charge is 0.399 e. The van der Waals surface area contributed by atoms with Crippen LogP contribution in [0.3, 0.4) is 0 Å². The van der Waals surface area contributed by atoms with Crippen LogP contribution in [0.4, 0.5) is 5.69 Å². The highest BCUT2D eigenvalue weighted by Crippen LogP contribution is 2.03. The van der Waals surface area contributed by atoms with Gasteiger partial charge in [0.05, 0.1) is 0 Å². The lowest BCUT2D eigenvalue weighted by Crippen LogP contribution is -2.10. The van der Waals surface area contributed by atoms with Crippen molar-refractivity contribution in [2.75, 3.05) is 5.73 Å². The molecular weight excluding hydrogens is 174 g/mol. The predicted molar refractivity (Wildman–Crippen MR) is 62.4 cm³/mol. The van der Waals surface area contributed by atoms with Gasteiger partial charge in [-0.15, -0.1) is 0 Å². The quantitative estimate of drug-likeness (QED) is 0.275.